The fourth-order valence-electron chi connectivity index (χ4n) is 3.00. The van der Waals surface area contributed by atoms with Gasteiger partial charge in [0.2, 0.25) is 6.79 Å². The molecule has 0 fully saturated rings. The van der Waals surface area contributed by atoms with E-state index in [2.05, 4.69) is 0 Å². The smallest absolute Gasteiger partial charge is 0.273 e. The van der Waals surface area contributed by atoms with Gasteiger partial charge < -0.3 is 31.4 Å². The number of nitro benzene ring substituents is 2. The highest BCUT2D eigenvalue weighted by atomic mass is 16.7. The van der Waals surface area contributed by atoms with Crippen LogP contribution in [0.4, 0.5) is 28.4 Å². The highest BCUT2D eigenvalue weighted by Crippen LogP contribution is 2.29. The molecule has 0 aliphatic heterocycles. The SMILES string of the molecule is COc1c(N)cccc1C(=O)CC(C)=O.Nc1ccc([N+](=O)[O-])cc1OCOc1cc([N+](=O)[O-])ccc1N. The van der Waals surface area contributed by atoms with Crippen LogP contribution in [0.5, 0.6) is 17.2 Å². The molecule has 0 aliphatic rings. The molecule has 0 amide bonds. The number of nitro groups is 2. The van der Waals surface area contributed by atoms with Gasteiger partial charge in [0.25, 0.3) is 11.4 Å². The summed E-state index contributed by atoms with van der Waals surface area (Å²) in [5.74, 6) is 0.00582. The summed E-state index contributed by atoms with van der Waals surface area (Å²) in [6, 6.07) is 12.3. The molecule has 0 heterocycles. The third-order valence-corrected chi connectivity index (χ3v) is 4.80. The zero-order valence-electron chi connectivity index (χ0n) is 20.4. The zero-order valence-corrected chi connectivity index (χ0v) is 20.4. The van der Waals surface area contributed by atoms with E-state index in [1.165, 1.54) is 38.3 Å². The number of ketones is 2. The van der Waals surface area contributed by atoms with Gasteiger partial charge in [-0.2, -0.15) is 0 Å². The second-order valence-electron chi connectivity index (χ2n) is 7.60. The van der Waals surface area contributed by atoms with Gasteiger partial charge in [0.1, 0.15) is 5.78 Å². The number of nitrogens with two attached hydrogens (primary N) is 3. The van der Waals surface area contributed by atoms with Crippen molar-refractivity contribution in [2.24, 2.45) is 0 Å². The molecule has 0 atom stereocenters. The summed E-state index contributed by atoms with van der Waals surface area (Å²) in [6.07, 6.45) is -0.125. The van der Waals surface area contributed by atoms with Crippen molar-refractivity contribution in [1.82, 2.24) is 0 Å². The maximum absolute atomic E-state index is 11.6. The summed E-state index contributed by atoms with van der Waals surface area (Å²) in [6.45, 7) is 0.993. The maximum atomic E-state index is 11.6. The summed E-state index contributed by atoms with van der Waals surface area (Å²) in [4.78, 5) is 42.7. The molecule has 0 saturated carbocycles. The van der Waals surface area contributed by atoms with Crippen LogP contribution < -0.4 is 31.4 Å². The van der Waals surface area contributed by atoms with Crippen LogP contribution in [-0.2, 0) is 4.79 Å². The van der Waals surface area contributed by atoms with E-state index in [1.54, 1.807) is 18.2 Å². The first kappa shape index (κ1) is 28.8. The van der Waals surface area contributed by atoms with Gasteiger partial charge in [-0.1, -0.05) is 6.07 Å². The number of para-hydroxylation sites is 1. The Labute approximate surface area is 216 Å². The van der Waals surface area contributed by atoms with Crippen LogP contribution in [0, 0.1) is 20.2 Å². The Morgan fingerprint density at radius 2 is 1.32 bits per heavy atom. The van der Waals surface area contributed by atoms with E-state index >= 15 is 0 Å². The van der Waals surface area contributed by atoms with Crippen LogP contribution >= 0.6 is 0 Å². The molecule has 3 aromatic carbocycles. The molecule has 6 N–H and O–H groups in total. The third kappa shape index (κ3) is 7.81. The van der Waals surface area contributed by atoms with Crippen molar-refractivity contribution in [1.29, 1.82) is 0 Å². The molecule has 0 unspecified atom stereocenters. The molecule has 0 bridgehead atoms. The van der Waals surface area contributed by atoms with Gasteiger partial charge in [0.05, 0.1) is 58.1 Å². The lowest BCUT2D eigenvalue weighted by Crippen LogP contribution is -2.09. The average Bonchev–Trinajstić information content (AvgIpc) is 2.85. The Bertz CT molecular complexity index is 1300. The van der Waals surface area contributed by atoms with E-state index in [1.807, 2.05) is 0 Å². The number of Topliss-reactive ketones (excluding diaryl/α,β-unsaturated/α-hetero) is 2. The number of benzene rings is 3. The van der Waals surface area contributed by atoms with Crippen LogP contribution in [0.1, 0.15) is 23.7 Å². The van der Waals surface area contributed by atoms with Crippen LogP contribution in [0.2, 0.25) is 0 Å². The van der Waals surface area contributed by atoms with Crippen LogP contribution in [0.15, 0.2) is 54.6 Å². The van der Waals surface area contributed by atoms with Crippen molar-refractivity contribution in [3.8, 4) is 17.2 Å². The number of ether oxygens (including phenoxy) is 3. The standard InChI is InChI=1S/C13H12N4O6.C11H13NO3/c14-10-3-1-8(16(18)19)5-12(10)22-7-23-13-6-9(17(20)21)2-4-11(13)15;1-7(13)6-10(14)8-4-3-5-9(12)11(8)15-2/h1-6H,7,14-15H2;3-5H,6,12H2,1-2H3. The fourth-order valence-corrected chi connectivity index (χ4v) is 3.00. The van der Waals surface area contributed by atoms with Crippen molar-refractivity contribution in [2.75, 3.05) is 31.1 Å². The predicted octanol–water partition coefficient (Wildman–Crippen LogP) is 3.52. The number of methoxy groups -OCH3 is 1. The molecule has 14 heteroatoms. The van der Waals surface area contributed by atoms with Gasteiger partial charge >= 0.3 is 0 Å². The summed E-state index contributed by atoms with van der Waals surface area (Å²) in [5, 5.41) is 21.4. The zero-order chi connectivity index (χ0) is 28.4. The van der Waals surface area contributed by atoms with Gasteiger partial charge in [-0.05, 0) is 31.2 Å². The van der Waals surface area contributed by atoms with E-state index in [9.17, 15) is 29.8 Å². The Balaban J connectivity index is 0.000000293. The first-order valence-electron chi connectivity index (χ1n) is 10.7. The molecule has 0 aliphatic carbocycles. The van der Waals surface area contributed by atoms with Crippen LogP contribution in [0.25, 0.3) is 0 Å². The second kappa shape index (κ2) is 13.1. The Hall–Kier alpha value is -5.40. The summed E-state index contributed by atoms with van der Waals surface area (Å²) >= 11 is 0. The minimum atomic E-state index is -0.592. The highest BCUT2D eigenvalue weighted by molar-refractivity contribution is 6.09. The van der Waals surface area contributed by atoms with Gasteiger partial charge in [0, 0.05) is 12.1 Å². The van der Waals surface area contributed by atoms with Crippen molar-refractivity contribution in [3.05, 3.63) is 80.4 Å². The lowest BCUT2D eigenvalue weighted by atomic mass is 10.0. The van der Waals surface area contributed by atoms with Crippen molar-refractivity contribution in [2.45, 2.75) is 13.3 Å². The quantitative estimate of drug-likeness (QED) is 0.0859. The van der Waals surface area contributed by atoms with E-state index in [4.69, 9.17) is 31.4 Å². The first-order valence-corrected chi connectivity index (χ1v) is 10.7. The number of nitrogen functional groups attached to an aromatic ring is 3. The Morgan fingerprint density at radius 3 is 1.74 bits per heavy atom. The van der Waals surface area contributed by atoms with Crippen molar-refractivity contribution in [3.63, 3.8) is 0 Å². The number of carbonyl (C=O) groups is 2. The van der Waals surface area contributed by atoms with E-state index in [-0.39, 0.29) is 59.0 Å². The number of hydrogen-bond donors (Lipinski definition) is 3. The fraction of sp³-hybridized carbons (Fsp3) is 0.167. The topological polar surface area (TPSA) is 226 Å². The van der Waals surface area contributed by atoms with Gasteiger partial charge in [-0.3, -0.25) is 29.8 Å². The van der Waals surface area contributed by atoms with Crippen LogP contribution in [-0.4, -0.2) is 35.3 Å². The van der Waals surface area contributed by atoms with E-state index < -0.39 is 9.85 Å². The Kier molecular flexibility index (Phi) is 9.91. The van der Waals surface area contributed by atoms with Crippen LogP contribution in [0.3, 0.4) is 0 Å². The monoisotopic (exact) mass is 527 g/mol. The minimum absolute atomic E-state index is 0.0585. The number of nitrogens with zero attached hydrogens (tertiary/aromatic N) is 2. The van der Waals surface area contributed by atoms with E-state index in [0.29, 0.717) is 17.0 Å². The molecule has 0 radical (unpaired) electrons. The number of non-ortho nitro benzene ring substituents is 2. The number of rotatable bonds is 10. The Morgan fingerprint density at radius 1 is 0.816 bits per heavy atom. The molecule has 14 nitrogen and oxygen atoms in total. The normalized spacial score (nSPS) is 9.95. The number of anilines is 3. The maximum Gasteiger partial charge on any atom is 0.273 e. The average molecular weight is 527 g/mol. The summed E-state index contributed by atoms with van der Waals surface area (Å²) in [5.41, 5.74) is 17.7. The lowest BCUT2D eigenvalue weighted by molar-refractivity contribution is -0.385. The van der Waals surface area contributed by atoms with E-state index in [0.717, 1.165) is 12.1 Å². The third-order valence-electron chi connectivity index (χ3n) is 4.80. The second-order valence-corrected chi connectivity index (χ2v) is 7.60. The molecule has 0 spiro atoms. The largest absolute Gasteiger partial charge is 0.494 e. The number of hydrogen-bond acceptors (Lipinski definition) is 12. The molecule has 3 rings (SSSR count). The first-order chi connectivity index (χ1) is 17.9. The molecule has 38 heavy (non-hydrogen) atoms. The molecule has 0 saturated heterocycles. The molecular formula is C24H25N5O9. The highest BCUT2D eigenvalue weighted by Gasteiger charge is 2.16. The molecular weight excluding hydrogens is 502 g/mol. The van der Waals surface area contributed by atoms with Crippen molar-refractivity contribution < 1.29 is 33.6 Å². The predicted molar refractivity (Wildman–Crippen MR) is 138 cm³/mol. The molecule has 200 valence electrons. The molecule has 3 aromatic rings. The number of carbonyl (C=O) groups excluding carboxylic acids is 2. The minimum Gasteiger partial charge on any atom is -0.494 e. The summed E-state index contributed by atoms with van der Waals surface area (Å²) < 4.78 is 15.4. The molecule has 0 aromatic heterocycles. The van der Waals surface area contributed by atoms with Gasteiger partial charge in [-0.15, -0.1) is 0 Å². The van der Waals surface area contributed by atoms with Crippen molar-refractivity contribution >= 4 is 40.0 Å². The van der Waals surface area contributed by atoms with Gasteiger partial charge in [-0.25, -0.2) is 0 Å². The van der Waals surface area contributed by atoms with Gasteiger partial charge in [0.15, 0.2) is 23.0 Å². The lowest BCUT2D eigenvalue weighted by Gasteiger charge is -2.11. The summed E-state index contributed by atoms with van der Waals surface area (Å²) in [7, 11) is 1.44.